The van der Waals surface area contributed by atoms with Crippen molar-refractivity contribution in [1.29, 1.82) is 0 Å². The number of hydrogen-bond donors (Lipinski definition) is 3. The summed E-state index contributed by atoms with van der Waals surface area (Å²) < 4.78 is 0. The van der Waals surface area contributed by atoms with Gasteiger partial charge in [-0.1, -0.05) is 51.1 Å². The SMILES string of the molecule is CC(C)(C)C(=O)Nc1nc(CC(=O)NCC(N)c2ccccc2)cs1.Cl.Cl. The van der Waals surface area contributed by atoms with Gasteiger partial charge in [-0.05, 0) is 5.56 Å². The van der Waals surface area contributed by atoms with Gasteiger partial charge in [0, 0.05) is 23.4 Å². The first kappa shape index (κ1) is 25.3. The zero-order chi connectivity index (χ0) is 18.4. The molecule has 0 spiro atoms. The van der Waals surface area contributed by atoms with Gasteiger partial charge in [-0.2, -0.15) is 0 Å². The fraction of sp³-hybridized carbons (Fsp3) is 0.389. The van der Waals surface area contributed by atoms with Crippen molar-refractivity contribution in [1.82, 2.24) is 10.3 Å². The number of anilines is 1. The molecule has 0 saturated heterocycles. The summed E-state index contributed by atoms with van der Waals surface area (Å²) in [5.41, 5.74) is 7.17. The topological polar surface area (TPSA) is 97.1 Å². The van der Waals surface area contributed by atoms with Gasteiger partial charge in [0.15, 0.2) is 5.13 Å². The van der Waals surface area contributed by atoms with Crippen molar-refractivity contribution >= 4 is 53.1 Å². The molecule has 2 amide bonds. The maximum atomic E-state index is 12.0. The Bertz CT molecular complexity index is 732. The van der Waals surface area contributed by atoms with Crippen LogP contribution in [0.5, 0.6) is 0 Å². The molecule has 150 valence electrons. The molecular weight excluding hydrogens is 407 g/mol. The van der Waals surface area contributed by atoms with E-state index in [9.17, 15) is 9.59 Å². The lowest BCUT2D eigenvalue weighted by Gasteiger charge is -2.15. The Morgan fingerprint density at radius 2 is 1.81 bits per heavy atom. The van der Waals surface area contributed by atoms with Crippen LogP contribution in [0.2, 0.25) is 0 Å². The van der Waals surface area contributed by atoms with Crippen molar-refractivity contribution in [3.8, 4) is 0 Å². The summed E-state index contributed by atoms with van der Waals surface area (Å²) in [6, 6.07) is 9.37. The van der Waals surface area contributed by atoms with Gasteiger partial charge >= 0.3 is 0 Å². The van der Waals surface area contributed by atoms with E-state index in [4.69, 9.17) is 5.73 Å². The second kappa shape index (κ2) is 11.2. The van der Waals surface area contributed by atoms with Gasteiger partial charge < -0.3 is 16.4 Å². The molecular formula is C18H26Cl2N4O2S. The van der Waals surface area contributed by atoms with E-state index in [-0.39, 0.29) is 49.1 Å². The van der Waals surface area contributed by atoms with E-state index in [1.165, 1.54) is 11.3 Å². The molecule has 1 atom stereocenters. The van der Waals surface area contributed by atoms with E-state index in [0.29, 0.717) is 17.4 Å². The molecule has 9 heteroatoms. The van der Waals surface area contributed by atoms with Crippen molar-refractivity contribution in [3.05, 3.63) is 47.0 Å². The molecule has 0 aliphatic carbocycles. The molecule has 4 N–H and O–H groups in total. The summed E-state index contributed by atoms with van der Waals surface area (Å²) in [6.07, 6.45) is 0.156. The third-order valence-electron chi connectivity index (χ3n) is 3.54. The first-order valence-corrected chi connectivity index (χ1v) is 8.97. The van der Waals surface area contributed by atoms with Crippen LogP contribution >= 0.6 is 36.2 Å². The minimum absolute atomic E-state index is 0. The quantitative estimate of drug-likeness (QED) is 0.651. The van der Waals surface area contributed by atoms with Crippen LogP contribution in [-0.2, 0) is 16.0 Å². The number of halogens is 2. The third-order valence-corrected chi connectivity index (χ3v) is 4.35. The lowest BCUT2D eigenvalue weighted by atomic mass is 9.96. The van der Waals surface area contributed by atoms with E-state index < -0.39 is 5.41 Å². The Morgan fingerprint density at radius 3 is 2.41 bits per heavy atom. The zero-order valence-corrected chi connectivity index (χ0v) is 18.0. The number of amides is 2. The monoisotopic (exact) mass is 432 g/mol. The lowest BCUT2D eigenvalue weighted by Crippen LogP contribution is -2.33. The second-order valence-electron chi connectivity index (χ2n) is 6.85. The number of hydrogen-bond acceptors (Lipinski definition) is 5. The van der Waals surface area contributed by atoms with E-state index in [1.807, 2.05) is 51.1 Å². The summed E-state index contributed by atoms with van der Waals surface area (Å²) >= 11 is 1.31. The van der Waals surface area contributed by atoms with Crippen LogP contribution in [0.25, 0.3) is 0 Å². The fourth-order valence-corrected chi connectivity index (χ4v) is 2.70. The number of carbonyl (C=O) groups is 2. The highest BCUT2D eigenvalue weighted by Crippen LogP contribution is 2.20. The first-order chi connectivity index (χ1) is 11.8. The van der Waals surface area contributed by atoms with E-state index in [2.05, 4.69) is 15.6 Å². The maximum absolute atomic E-state index is 12.0. The largest absolute Gasteiger partial charge is 0.354 e. The Morgan fingerprint density at radius 1 is 1.19 bits per heavy atom. The molecule has 6 nitrogen and oxygen atoms in total. The Labute approximate surface area is 176 Å². The van der Waals surface area contributed by atoms with Crippen LogP contribution in [0.1, 0.15) is 38.1 Å². The standard InChI is InChI=1S/C18H24N4O2S.2ClH/c1-18(2,3)16(24)22-17-21-13(11-25-17)9-15(23)20-10-14(19)12-7-5-4-6-8-12;;/h4-8,11,14H,9-10,19H2,1-3H3,(H,20,23)(H,21,22,24);2*1H. The molecule has 1 heterocycles. The number of nitrogens with one attached hydrogen (secondary N) is 2. The van der Waals surface area contributed by atoms with Gasteiger partial charge in [0.1, 0.15) is 0 Å². The van der Waals surface area contributed by atoms with Crippen LogP contribution < -0.4 is 16.4 Å². The highest BCUT2D eigenvalue weighted by Gasteiger charge is 2.22. The fourth-order valence-electron chi connectivity index (χ4n) is 2.00. The molecule has 1 unspecified atom stereocenters. The van der Waals surface area contributed by atoms with Crippen molar-refractivity contribution in [2.24, 2.45) is 11.1 Å². The minimum Gasteiger partial charge on any atom is -0.354 e. The lowest BCUT2D eigenvalue weighted by molar-refractivity contribution is -0.123. The minimum atomic E-state index is -0.489. The number of carbonyl (C=O) groups excluding carboxylic acids is 2. The first-order valence-electron chi connectivity index (χ1n) is 8.09. The number of nitrogens with zero attached hydrogens (tertiary/aromatic N) is 1. The Balaban J connectivity index is 0.00000338. The number of aromatic nitrogens is 1. The summed E-state index contributed by atoms with van der Waals surface area (Å²) in [4.78, 5) is 28.3. The summed E-state index contributed by atoms with van der Waals surface area (Å²) in [7, 11) is 0. The van der Waals surface area contributed by atoms with Gasteiger partial charge in [-0.15, -0.1) is 36.2 Å². The molecule has 27 heavy (non-hydrogen) atoms. The molecule has 0 saturated carbocycles. The van der Waals surface area contributed by atoms with Gasteiger partial charge in [0.25, 0.3) is 0 Å². The molecule has 2 aromatic rings. The molecule has 1 aromatic heterocycles. The van der Waals surface area contributed by atoms with Gasteiger partial charge in [0.2, 0.25) is 11.8 Å². The van der Waals surface area contributed by atoms with Crippen molar-refractivity contribution in [2.45, 2.75) is 33.2 Å². The van der Waals surface area contributed by atoms with Gasteiger partial charge in [0.05, 0.1) is 12.1 Å². The van der Waals surface area contributed by atoms with E-state index in [0.717, 1.165) is 5.56 Å². The van der Waals surface area contributed by atoms with Crippen molar-refractivity contribution in [3.63, 3.8) is 0 Å². The van der Waals surface area contributed by atoms with Crippen LogP contribution in [0.4, 0.5) is 5.13 Å². The van der Waals surface area contributed by atoms with E-state index >= 15 is 0 Å². The Kier molecular flexibility index (Phi) is 10.5. The smallest absolute Gasteiger partial charge is 0.231 e. The summed E-state index contributed by atoms with van der Waals surface area (Å²) in [5, 5.41) is 7.86. The summed E-state index contributed by atoms with van der Waals surface area (Å²) in [6.45, 7) is 5.86. The van der Waals surface area contributed by atoms with Crippen LogP contribution in [0, 0.1) is 5.41 Å². The molecule has 1 aromatic carbocycles. The van der Waals surface area contributed by atoms with Crippen molar-refractivity contribution in [2.75, 3.05) is 11.9 Å². The number of benzene rings is 1. The van der Waals surface area contributed by atoms with Crippen LogP contribution in [0.15, 0.2) is 35.7 Å². The van der Waals surface area contributed by atoms with Crippen LogP contribution in [-0.4, -0.2) is 23.3 Å². The highest BCUT2D eigenvalue weighted by atomic mass is 35.5. The van der Waals surface area contributed by atoms with Crippen molar-refractivity contribution < 1.29 is 9.59 Å². The predicted molar refractivity (Wildman–Crippen MR) is 115 cm³/mol. The maximum Gasteiger partial charge on any atom is 0.231 e. The highest BCUT2D eigenvalue weighted by molar-refractivity contribution is 7.13. The number of thiazole rings is 1. The zero-order valence-electron chi connectivity index (χ0n) is 15.5. The second-order valence-corrected chi connectivity index (χ2v) is 7.70. The molecule has 2 rings (SSSR count). The molecule has 0 bridgehead atoms. The molecule has 0 aliphatic heterocycles. The van der Waals surface area contributed by atoms with Crippen LogP contribution in [0.3, 0.4) is 0 Å². The third kappa shape index (κ3) is 8.26. The number of nitrogens with two attached hydrogens (primary N) is 1. The molecule has 0 radical (unpaired) electrons. The Hall–Kier alpha value is -1.67. The normalized spacial score (nSPS) is 11.6. The average molecular weight is 433 g/mol. The molecule has 0 fully saturated rings. The van der Waals surface area contributed by atoms with Gasteiger partial charge in [-0.25, -0.2) is 4.98 Å². The number of rotatable bonds is 6. The summed E-state index contributed by atoms with van der Waals surface area (Å²) in [5.74, 6) is -0.253. The average Bonchev–Trinajstić information content (AvgIpc) is 2.99. The molecule has 0 aliphatic rings. The predicted octanol–water partition coefficient (Wildman–Crippen LogP) is 3.33. The van der Waals surface area contributed by atoms with E-state index in [1.54, 1.807) is 5.38 Å². The van der Waals surface area contributed by atoms with Gasteiger partial charge in [-0.3, -0.25) is 9.59 Å².